The highest BCUT2D eigenvalue weighted by molar-refractivity contribution is 7.07. The molecule has 0 spiro atoms. The van der Waals surface area contributed by atoms with Crippen molar-refractivity contribution in [2.24, 2.45) is 16.8 Å². The van der Waals surface area contributed by atoms with Crippen LogP contribution < -0.4 is 4.80 Å². The average molecular weight is 453 g/mol. The second-order valence-corrected chi connectivity index (χ2v) is 9.11. The quantitative estimate of drug-likeness (QED) is 0.336. The molecule has 1 aliphatic carbocycles. The van der Waals surface area contributed by atoms with Crippen molar-refractivity contribution >= 4 is 28.4 Å². The van der Waals surface area contributed by atoms with Gasteiger partial charge in [-0.3, -0.25) is 20.2 Å². The molecular weight excluding hydrogens is 428 g/mol. The summed E-state index contributed by atoms with van der Waals surface area (Å²) in [4.78, 5) is 27.4. The van der Waals surface area contributed by atoms with Crippen LogP contribution in [0.15, 0.2) is 58.9 Å². The normalized spacial score (nSPS) is 21.4. The van der Waals surface area contributed by atoms with E-state index in [-0.39, 0.29) is 17.4 Å². The third-order valence-corrected chi connectivity index (χ3v) is 7.22. The number of hydrogen-bond acceptors (Lipinski definition) is 6. The lowest BCUT2D eigenvalue weighted by Gasteiger charge is -2.36. The first-order valence-corrected chi connectivity index (χ1v) is 11.5. The van der Waals surface area contributed by atoms with Crippen molar-refractivity contribution in [3.63, 3.8) is 0 Å². The van der Waals surface area contributed by atoms with E-state index in [0.29, 0.717) is 22.3 Å². The molecule has 4 rings (SSSR count). The molecule has 3 atom stereocenters. The van der Waals surface area contributed by atoms with Gasteiger partial charge in [0.05, 0.1) is 15.5 Å². The monoisotopic (exact) mass is 452 g/mol. The molecule has 1 heterocycles. The highest BCUT2D eigenvalue weighted by Gasteiger charge is 2.31. The van der Waals surface area contributed by atoms with Crippen molar-refractivity contribution in [1.29, 1.82) is 0 Å². The van der Waals surface area contributed by atoms with Gasteiger partial charge in [-0.25, -0.2) is 4.99 Å². The van der Waals surface area contributed by atoms with Crippen LogP contribution in [-0.4, -0.2) is 14.4 Å². The topological polar surface area (TPSA) is 104 Å². The van der Waals surface area contributed by atoms with E-state index in [0.717, 1.165) is 30.5 Å². The molecule has 3 aromatic rings. The standard InChI is InChI=1S/C23H24N4O4S/c1-15-7-5-12-20(16(15)2)25-22(17-8-6-9-18(13-17)26(28)29)14-32-23(25)24-19-10-3-4-11-21(19)27(30)31/h3-4,6,8-11,13-16,20H,5,7,12H2,1-2H3. The average Bonchev–Trinajstić information content (AvgIpc) is 3.19. The van der Waals surface area contributed by atoms with Gasteiger partial charge in [0.2, 0.25) is 0 Å². The Morgan fingerprint density at radius 1 is 1.03 bits per heavy atom. The van der Waals surface area contributed by atoms with Crippen LogP contribution in [0.4, 0.5) is 17.1 Å². The van der Waals surface area contributed by atoms with E-state index in [9.17, 15) is 20.2 Å². The maximum absolute atomic E-state index is 11.5. The first-order valence-electron chi connectivity index (χ1n) is 10.6. The molecule has 3 unspecified atom stereocenters. The Hall–Kier alpha value is -3.33. The molecule has 0 aliphatic heterocycles. The maximum Gasteiger partial charge on any atom is 0.294 e. The van der Waals surface area contributed by atoms with Gasteiger partial charge in [0, 0.05) is 35.2 Å². The first kappa shape index (κ1) is 21.9. The zero-order chi connectivity index (χ0) is 22.8. The number of thiazole rings is 1. The lowest BCUT2D eigenvalue weighted by molar-refractivity contribution is -0.384. The van der Waals surface area contributed by atoms with Crippen LogP contribution in [-0.2, 0) is 0 Å². The molecule has 1 aromatic heterocycles. The van der Waals surface area contributed by atoms with Gasteiger partial charge in [-0.15, -0.1) is 11.3 Å². The number of nitro groups is 2. The van der Waals surface area contributed by atoms with Crippen molar-refractivity contribution in [1.82, 2.24) is 4.57 Å². The number of para-hydroxylation sites is 2. The van der Waals surface area contributed by atoms with Crippen molar-refractivity contribution in [2.45, 2.75) is 39.2 Å². The fourth-order valence-electron chi connectivity index (χ4n) is 4.45. The molecule has 1 saturated carbocycles. The Kier molecular flexibility index (Phi) is 6.18. The summed E-state index contributed by atoms with van der Waals surface area (Å²) in [5.41, 5.74) is 1.87. The van der Waals surface area contributed by atoms with Gasteiger partial charge >= 0.3 is 0 Å². The molecule has 1 aliphatic rings. The smallest absolute Gasteiger partial charge is 0.294 e. The van der Waals surface area contributed by atoms with Gasteiger partial charge in [-0.1, -0.05) is 51.0 Å². The minimum absolute atomic E-state index is 0.0301. The number of rotatable bonds is 5. The number of benzene rings is 2. The number of non-ortho nitro benzene ring substituents is 1. The molecule has 0 saturated heterocycles. The number of nitrogens with zero attached hydrogens (tertiary/aromatic N) is 4. The second-order valence-electron chi connectivity index (χ2n) is 8.27. The Morgan fingerprint density at radius 2 is 1.81 bits per heavy atom. The van der Waals surface area contributed by atoms with Crippen LogP contribution in [0.5, 0.6) is 0 Å². The molecule has 0 amide bonds. The summed E-state index contributed by atoms with van der Waals surface area (Å²) in [6, 6.07) is 13.2. The van der Waals surface area contributed by atoms with Crippen molar-refractivity contribution < 1.29 is 9.85 Å². The molecule has 0 N–H and O–H groups in total. The summed E-state index contributed by atoms with van der Waals surface area (Å²) >= 11 is 1.40. The van der Waals surface area contributed by atoms with E-state index >= 15 is 0 Å². The van der Waals surface area contributed by atoms with Crippen LogP contribution in [0, 0.1) is 32.1 Å². The van der Waals surface area contributed by atoms with Gasteiger partial charge < -0.3 is 4.57 Å². The highest BCUT2D eigenvalue weighted by atomic mass is 32.1. The largest absolute Gasteiger partial charge is 0.313 e. The van der Waals surface area contributed by atoms with Gasteiger partial charge in [0.15, 0.2) is 4.80 Å². The summed E-state index contributed by atoms with van der Waals surface area (Å²) in [6.07, 6.45) is 3.21. The van der Waals surface area contributed by atoms with Crippen LogP contribution in [0.1, 0.15) is 39.2 Å². The van der Waals surface area contributed by atoms with E-state index in [1.54, 1.807) is 30.3 Å². The number of nitro benzene ring substituents is 2. The molecular formula is C23H24N4O4S. The van der Waals surface area contributed by atoms with Crippen LogP contribution in [0.2, 0.25) is 0 Å². The Bertz CT molecular complexity index is 1230. The molecule has 0 bridgehead atoms. The van der Waals surface area contributed by atoms with Crippen LogP contribution in [0.3, 0.4) is 0 Å². The van der Waals surface area contributed by atoms with E-state index in [1.165, 1.54) is 23.5 Å². The molecule has 32 heavy (non-hydrogen) atoms. The molecule has 166 valence electrons. The molecule has 0 radical (unpaired) electrons. The SMILES string of the molecule is CC1CCCC(n2c(-c3cccc([N+](=O)[O-])c3)csc2=Nc2ccccc2[N+](=O)[O-])C1C. The van der Waals surface area contributed by atoms with Gasteiger partial charge in [0.1, 0.15) is 5.69 Å². The predicted octanol–water partition coefficient (Wildman–Crippen LogP) is 6.26. The Balaban J connectivity index is 1.94. The Labute approximate surface area is 189 Å². The molecule has 1 fully saturated rings. The third-order valence-electron chi connectivity index (χ3n) is 6.38. The minimum atomic E-state index is -0.427. The predicted molar refractivity (Wildman–Crippen MR) is 124 cm³/mol. The fraction of sp³-hybridized carbons (Fsp3) is 0.348. The molecule has 9 heteroatoms. The molecule has 2 aromatic carbocycles. The summed E-state index contributed by atoms with van der Waals surface area (Å²) in [7, 11) is 0. The second kappa shape index (κ2) is 9.04. The minimum Gasteiger partial charge on any atom is -0.313 e. The maximum atomic E-state index is 11.5. The molecule has 8 nitrogen and oxygen atoms in total. The summed E-state index contributed by atoms with van der Waals surface area (Å²) in [6.45, 7) is 4.47. The Morgan fingerprint density at radius 3 is 2.56 bits per heavy atom. The van der Waals surface area contributed by atoms with E-state index in [1.807, 2.05) is 11.4 Å². The third kappa shape index (κ3) is 4.20. The zero-order valence-electron chi connectivity index (χ0n) is 17.9. The fourth-order valence-corrected chi connectivity index (χ4v) is 5.41. The van der Waals surface area contributed by atoms with Crippen LogP contribution >= 0.6 is 11.3 Å². The summed E-state index contributed by atoms with van der Waals surface area (Å²) in [5, 5.41) is 24.8. The van der Waals surface area contributed by atoms with Crippen molar-refractivity contribution in [3.05, 3.63) is 78.9 Å². The lowest BCUT2D eigenvalue weighted by atomic mass is 9.78. The van der Waals surface area contributed by atoms with Gasteiger partial charge in [-0.05, 0) is 24.3 Å². The lowest BCUT2D eigenvalue weighted by Crippen LogP contribution is -2.32. The van der Waals surface area contributed by atoms with Crippen molar-refractivity contribution in [2.75, 3.05) is 0 Å². The highest BCUT2D eigenvalue weighted by Crippen LogP contribution is 2.40. The van der Waals surface area contributed by atoms with Crippen LogP contribution in [0.25, 0.3) is 11.3 Å². The summed E-state index contributed by atoms with van der Waals surface area (Å²) < 4.78 is 2.14. The van der Waals surface area contributed by atoms with E-state index < -0.39 is 9.85 Å². The number of hydrogen-bond donors (Lipinski definition) is 0. The zero-order valence-corrected chi connectivity index (χ0v) is 18.7. The van der Waals surface area contributed by atoms with E-state index in [4.69, 9.17) is 4.99 Å². The number of aromatic nitrogens is 1. The van der Waals surface area contributed by atoms with Crippen molar-refractivity contribution in [3.8, 4) is 11.3 Å². The van der Waals surface area contributed by atoms with E-state index in [2.05, 4.69) is 18.4 Å². The van der Waals surface area contributed by atoms with Gasteiger partial charge in [-0.2, -0.15) is 0 Å². The first-order chi connectivity index (χ1) is 15.4. The summed E-state index contributed by atoms with van der Waals surface area (Å²) in [5.74, 6) is 0.901. The van der Waals surface area contributed by atoms with Gasteiger partial charge in [0.25, 0.3) is 11.4 Å².